The molecule has 0 atom stereocenters. The van der Waals surface area contributed by atoms with Crippen LogP contribution in [0, 0.1) is 0 Å². The lowest BCUT2D eigenvalue weighted by Gasteiger charge is -1.93. The van der Waals surface area contributed by atoms with Crippen LogP contribution in [-0.2, 0) is 12.8 Å². The molecule has 0 radical (unpaired) electrons. The van der Waals surface area contributed by atoms with Crippen molar-refractivity contribution < 1.29 is 4.42 Å². The third-order valence-electron chi connectivity index (χ3n) is 2.15. The molecular weight excluding hydrogens is 210 g/mol. The second-order valence-electron chi connectivity index (χ2n) is 3.17. The largest absolute Gasteiger partial charge is 0.420 e. The fraction of sp³-hybridized carbons (Fsp3) is 0.400. The Morgan fingerprint density at radius 3 is 3.07 bits per heavy atom. The van der Waals surface area contributed by atoms with E-state index >= 15 is 0 Å². The van der Waals surface area contributed by atoms with E-state index in [-0.39, 0.29) is 0 Å². The molecule has 0 saturated heterocycles. The van der Waals surface area contributed by atoms with E-state index in [1.165, 1.54) is 5.56 Å². The minimum Gasteiger partial charge on any atom is -0.420 e. The highest BCUT2D eigenvalue weighted by Gasteiger charge is 2.12. The third kappa shape index (κ3) is 2.08. The summed E-state index contributed by atoms with van der Waals surface area (Å²) >= 11 is 1.63. The molecule has 0 fully saturated rings. The standard InChI is InChI=1S/C10H13N3OS/c1-2-7-4-6-15-9(7)10-13-12-8(14-10)3-5-11/h4,6H,2-3,5,11H2,1H3. The van der Waals surface area contributed by atoms with Crippen LogP contribution in [0.4, 0.5) is 0 Å². The van der Waals surface area contributed by atoms with Gasteiger partial charge in [0, 0.05) is 13.0 Å². The zero-order valence-corrected chi connectivity index (χ0v) is 9.38. The monoisotopic (exact) mass is 223 g/mol. The molecule has 2 aromatic rings. The zero-order chi connectivity index (χ0) is 10.7. The topological polar surface area (TPSA) is 64.9 Å². The molecule has 15 heavy (non-hydrogen) atoms. The Morgan fingerprint density at radius 2 is 2.33 bits per heavy atom. The first kappa shape index (κ1) is 10.3. The first-order chi connectivity index (χ1) is 7.35. The highest BCUT2D eigenvalue weighted by atomic mass is 32.1. The quantitative estimate of drug-likeness (QED) is 0.859. The molecule has 0 aliphatic heterocycles. The molecule has 0 aromatic carbocycles. The highest BCUT2D eigenvalue weighted by Crippen LogP contribution is 2.28. The molecule has 0 amide bonds. The summed E-state index contributed by atoms with van der Waals surface area (Å²) in [5, 5.41) is 10.0. The summed E-state index contributed by atoms with van der Waals surface area (Å²) < 4.78 is 5.52. The van der Waals surface area contributed by atoms with Gasteiger partial charge in [-0.25, -0.2) is 0 Å². The summed E-state index contributed by atoms with van der Waals surface area (Å²) in [5.41, 5.74) is 6.67. The maximum Gasteiger partial charge on any atom is 0.258 e. The minimum absolute atomic E-state index is 0.534. The number of thiophene rings is 1. The van der Waals surface area contributed by atoms with E-state index in [2.05, 4.69) is 23.2 Å². The smallest absolute Gasteiger partial charge is 0.258 e. The van der Waals surface area contributed by atoms with Gasteiger partial charge in [-0.05, 0) is 23.4 Å². The average Bonchev–Trinajstić information content (AvgIpc) is 2.84. The number of hydrogen-bond donors (Lipinski definition) is 1. The van der Waals surface area contributed by atoms with Gasteiger partial charge < -0.3 is 10.2 Å². The first-order valence-electron chi connectivity index (χ1n) is 4.94. The summed E-state index contributed by atoms with van der Waals surface area (Å²) in [6.07, 6.45) is 1.62. The Labute approximate surface area is 92.1 Å². The summed E-state index contributed by atoms with van der Waals surface area (Å²) in [4.78, 5) is 1.08. The second kappa shape index (κ2) is 4.55. The molecule has 4 nitrogen and oxygen atoms in total. The van der Waals surface area contributed by atoms with Crippen molar-refractivity contribution in [1.82, 2.24) is 10.2 Å². The molecule has 0 aliphatic rings. The van der Waals surface area contributed by atoms with Crippen LogP contribution in [0.1, 0.15) is 18.4 Å². The fourth-order valence-corrected chi connectivity index (χ4v) is 2.29. The van der Waals surface area contributed by atoms with E-state index in [9.17, 15) is 0 Å². The van der Waals surface area contributed by atoms with Gasteiger partial charge in [-0.2, -0.15) is 0 Å². The molecule has 2 heterocycles. The van der Waals surface area contributed by atoms with Crippen LogP contribution in [0.2, 0.25) is 0 Å². The van der Waals surface area contributed by atoms with E-state index in [1.807, 2.05) is 5.38 Å². The predicted molar refractivity (Wildman–Crippen MR) is 59.7 cm³/mol. The second-order valence-corrected chi connectivity index (χ2v) is 4.08. The van der Waals surface area contributed by atoms with Crippen molar-refractivity contribution in [2.75, 3.05) is 6.54 Å². The van der Waals surface area contributed by atoms with E-state index in [0.717, 1.165) is 11.3 Å². The SMILES string of the molecule is CCc1ccsc1-c1nnc(CCN)o1. The lowest BCUT2D eigenvalue weighted by Crippen LogP contribution is -2.02. The number of rotatable bonds is 4. The van der Waals surface area contributed by atoms with Gasteiger partial charge in [0.1, 0.15) is 0 Å². The van der Waals surface area contributed by atoms with Crippen molar-refractivity contribution in [3.8, 4) is 10.8 Å². The van der Waals surface area contributed by atoms with Crippen LogP contribution in [-0.4, -0.2) is 16.7 Å². The molecule has 2 aromatic heterocycles. The lowest BCUT2D eigenvalue weighted by atomic mass is 10.2. The third-order valence-corrected chi connectivity index (χ3v) is 3.09. The number of aromatic nitrogens is 2. The van der Waals surface area contributed by atoms with Crippen LogP contribution in [0.3, 0.4) is 0 Å². The Hall–Kier alpha value is -1.20. The summed E-state index contributed by atoms with van der Waals surface area (Å²) in [6, 6.07) is 2.09. The number of hydrogen-bond acceptors (Lipinski definition) is 5. The van der Waals surface area contributed by atoms with Crippen molar-refractivity contribution in [1.29, 1.82) is 0 Å². The van der Waals surface area contributed by atoms with Crippen LogP contribution in [0.15, 0.2) is 15.9 Å². The molecule has 0 saturated carbocycles. The maximum absolute atomic E-state index is 5.52. The van der Waals surface area contributed by atoms with Gasteiger partial charge in [0.2, 0.25) is 5.89 Å². The molecule has 0 aliphatic carbocycles. The van der Waals surface area contributed by atoms with Crippen LogP contribution in [0.25, 0.3) is 10.8 Å². The van der Waals surface area contributed by atoms with Crippen molar-refractivity contribution in [2.45, 2.75) is 19.8 Å². The number of nitrogens with two attached hydrogens (primary N) is 1. The van der Waals surface area contributed by atoms with Crippen LogP contribution in [0.5, 0.6) is 0 Å². The van der Waals surface area contributed by atoms with Crippen molar-refractivity contribution in [2.24, 2.45) is 5.73 Å². The summed E-state index contributed by atoms with van der Waals surface area (Å²) in [5.74, 6) is 1.23. The van der Waals surface area contributed by atoms with E-state index in [1.54, 1.807) is 11.3 Å². The van der Waals surface area contributed by atoms with Gasteiger partial charge in [-0.15, -0.1) is 21.5 Å². The molecule has 0 bridgehead atoms. The summed E-state index contributed by atoms with van der Waals surface area (Å²) in [6.45, 7) is 2.65. The molecule has 0 spiro atoms. The van der Waals surface area contributed by atoms with Gasteiger partial charge in [0.15, 0.2) is 0 Å². The van der Waals surface area contributed by atoms with Crippen molar-refractivity contribution >= 4 is 11.3 Å². The number of nitrogens with zero attached hydrogens (tertiary/aromatic N) is 2. The molecule has 2 N–H and O–H groups in total. The molecule has 0 unspecified atom stereocenters. The Kier molecular flexibility index (Phi) is 3.13. The average molecular weight is 223 g/mol. The fourth-order valence-electron chi connectivity index (χ4n) is 1.37. The van der Waals surface area contributed by atoms with Gasteiger partial charge >= 0.3 is 0 Å². The molecule has 5 heteroatoms. The van der Waals surface area contributed by atoms with Gasteiger partial charge in [-0.3, -0.25) is 0 Å². The van der Waals surface area contributed by atoms with Gasteiger partial charge in [0.05, 0.1) is 4.88 Å². The minimum atomic E-state index is 0.534. The molecule has 80 valence electrons. The number of aryl methyl sites for hydroxylation is 1. The van der Waals surface area contributed by atoms with E-state index in [4.69, 9.17) is 10.2 Å². The molecular formula is C10H13N3OS. The Bertz CT molecular complexity index is 435. The Balaban J connectivity index is 2.28. The van der Waals surface area contributed by atoms with Crippen LogP contribution >= 0.6 is 11.3 Å². The van der Waals surface area contributed by atoms with E-state index < -0.39 is 0 Å². The van der Waals surface area contributed by atoms with Crippen molar-refractivity contribution in [3.05, 3.63) is 22.9 Å². The molecule has 2 rings (SSSR count). The zero-order valence-electron chi connectivity index (χ0n) is 8.56. The van der Waals surface area contributed by atoms with Crippen molar-refractivity contribution in [3.63, 3.8) is 0 Å². The Morgan fingerprint density at radius 1 is 1.47 bits per heavy atom. The van der Waals surface area contributed by atoms with Gasteiger partial charge in [0.25, 0.3) is 5.89 Å². The van der Waals surface area contributed by atoms with E-state index in [0.29, 0.717) is 24.7 Å². The summed E-state index contributed by atoms with van der Waals surface area (Å²) in [7, 11) is 0. The highest BCUT2D eigenvalue weighted by molar-refractivity contribution is 7.13. The predicted octanol–water partition coefficient (Wildman–Crippen LogP) is 1.86. The van der Waals surface area contributed by atoms with Crippen LogP contribution < -0.4 is 5.73 Å². The first-order valence-corrected chi connectivity index (χ1v) is 5.82. The van der Waals surface area contributed by atoms with Gasteiger partial charge in [-0.1, -0.05) is 6.92 Å². The normalized spacial score (nSPS) is 10.8. The maximum atomic E-state index is 5.52. The lowest BCUT2D eigenvalue weighted by molar-refractivity contribution is 0.508.